The van der Waals surface area contributed by atoms with Crippen LogP contribution in [0, 0.1) is 0 Å². The molecule has 0 heterocycles. The van der Waals surface area contributed by atoms with Gasteiger partial charge in [0.2, 0.25) is 0 Å². The Balaban J connectivity index is 1.89. The van der Waals surface area contributed by atoms with Crippen molar-refractivity contribution in [3.8, 4) is 5.75 Å². The summed E-state index contributed by atoms with van der Waals surface area (Å²) >= 11 is 3.37. The maximum absolute atomic E-state index is 12.0. The Morgan fingerprint density at radius 3 is 2.71 bits per heavy atom. The van der Waals surface area contributed by atoms with Crippen molar-refractivity contribution < 1.29 is 19.1 Å². The van der Waals surface area contributed by atoms with Gasteiger partial charge in [0, 0.05) is 22.2 Å². The van der Waals surface area contributed by atoms with E-state index in [4.69, 9.17) is 9.47 Å². The van der Waals surface area contributed by atoms with E-state index in [0.29, 0.717) is 5.75 Å². The van der Waals surface area contributed by atoms with Crippen LogP contribution in [0.2, 0.25) is 0 Å². The molecule has 1 fully saturated rings. The summed E-state index contributed by atoms with van der Waals surface area (Å²) in [5.74, 6) is -0.163. The number of amides is 1. The SMILES string of the molecule is COc1ccc(Br)cc1/C=C/C(=O)O[C@H](C)C(=O)NC1CCCC1. The lowest BCUT2D eigenvalue weighted by atomic mass is 10.2. The summed E-state index contributed by atoms with van der Waals surface area (Å²) in [6.07, 6.45) is 6.35. The highest BCUT2D eigenvalue weighted by molar-refractivity contribution is 9.10. The molecule has 24 heavy (non-hydrogen) atoms. The second kappa shape index (κ2) is 8.87. The molecule has 1 saturated carbocycles. The van der Waals surface area contributed by atoms with Crippen molar-refractivity contribution in [1.29, 1.82) is 0 Å². The smallest absolute Gasteiger partial charge is 0.331 e. The molecule has 1 amide bonds. The second-order valence-corrected chi connectivity index (χ2v) is 6.70. The molecule has 5 nitrogen and oxygen atoms in total. The van der Waals surface area contributed by atoms with Crippen LogP contribution in [0.5, 0.6) is 5.75 Å². The van der Waals surface area contributed by atoms with Gasteiger partial charge in [0.25, 0.3) is 5.91 Å². The first kappa shape index (κ1) is 18.5. The molecule has 0 saturated heterocycles. The van der Waals surface area contributed by atoms with E-state index in [1.165, 1.54) is 6.08 Å². The third kappa shape index (κ3) is 5.37. The molecule has 0 aliphatic heterocycles. The van der Waals surface area contributed by atoms with Crippen molar-refractivity contribution in [2.75, 3.05) is 7.11 Å². The second-order valence-electron chi connectivity index (χ2n) is 5.79. The third-order valence-electron chi connectivity index (χ3n) is 3.95. The molecule has 1 N–H and O–H groups in total. The van der Waals surface area contributed by atoms with Crippen LogP contribution in [-0.2, 0) is 14.3 Å². The summed E-state index contributed by atoms with van der Waals surface area (Å²) in [5, 5.41) is 2.92. The van der Waals surface area contributed by atoms with Crippen LogP contribution < -0.4 is 10.1 Å². The minimum Gasteiger partial charge on any atom is -0.496 e. The summed E-state index contributed by atoms with van der Waals surface area (Å²) in [6.45, 7) is 1.58. The Kier molecular flexibility index (Phi) is 6.85. The first-order valence-electron chi connectivity index (χ1n) is 8.02. The molecule has 0 radical (unpaired) electrons. The monoisotopic (exact) mass is 395 g/mol. The van der Waals surface area contributed by atoms with Gasteiger partial charge in [-0.2, -0.15) is 0 Å². The van der Waals surface area contributed by atoms with E-state index in [-0.39, 0.29) is 11.9 Å². The number of halogens is 1. The van der Waals surface area contributed by atoms with Crippen molar-refractivity contribution in [2.45, 2.75) is 44.8 Å². The number of esters is 1. The van der Waals surface area contributed by atoms with Crippen LogP contribution in [0.15, 0.2) is 28.7 Å². The number of hydrogen-bond donors (Lipinski definition) is 1. The Morgan fingerprint density at radius 1 is 1.33 bits per heavy atom. The lowest BCUT2D eigenvalue weighted by Crippen LogP contribution is -2.40. The molecule has 6 heteroatoms. The molecule has 0 bridgehead atoms. The molecule has 1 aromatic carbocycles. The van der Waals surface area contributed by atoms with Crippen molar-refractivity contribution in [3.63, 3.8) is 0 Å². The number of benzene rings is 1. The van der Waals surface area contributed by atoms with Gasteiger partial charge in [-0.3, -0.25) is 4.79 Å². The van der Waals surface area contributed by atoms with E-state index >= 15 is 0 Å². The Bertz CT molecular complexity index is 623. The van der Waals surface area contributed by atoms with Crippen LogP contribution in [0.25, 0.3) is 6.08 Å². The largest absolute Gasteiger partial charge is 0.496 e. The van der Waals surface area contributed by atoms with Crippen LogP contribution in [-0.4, -0.2) is 31.1 Å². The van der Waals surface area contributed by atoms with E-state index in [0.717, 1.165) is 35.7 Å². The Morgan fingerprint density at radius 2 is 2.04 bits per heavy atom. The highest BCUT2D eigenvalue weighted by atomic mass is 79.9. The molecular formula is C18H22BrNO4. The summed E-state index contributed by atoms with van der Waals surface area (Å²) in [5.41, 5.74) is 0.742. The first-order valence-corrected chi connectivity index (χ1v) is 8.81. The molecule has 1 aliphatic rings. The summed E-state index contributed by atoms with van der Waals surface area (Å²) < 4.78 is 11.3. The predicted octanol–water partition coefficient (Wildman–Crippen LogP) is 3.46. The van der Waals surface area contributed by atoms with Gasteiger partial charge in [-0.1, -0.05) is 28.8 Å². The van der Waals surface area contributed by atoms with Gasteiger partial charge in [-0.05, 0) is 44.0 Å². The Hall–Kier alpha value is -1.82. The fourth-order valence-electron chi connectivity index (χ4n) is 2.65. The maximum Gasteiger partial charge on any atom is 0.331 e. The number of methoxy groups -OCH3 is 1. The lowest BCUT2D eigenvalue weighted by Gasteiger charge is -2.16. The average molecular weight is 396 g/mol. The molecule has 0 aromatic heterocycles. The molecule has 1 aliphatic carbocycles. The lowest BCUT2D eigenvalue weighted by molar-refractivity contribution is -0.150. The van der Waals surface area contributed by atoms with Crippen molar-refractivity contribution in [3.05, 3.63) is 34.3 Å². The van der Waals surface area contributed by atoms with Crippen molar-refractivity contribution in [2.24, 2.45) is 0 Å². The Labute approximate surface area is 150 Å². The van der Waals surface area contributed by atoms with Gasteiger partial charge in [0.1, 0.15) is 5.75 Å². The molecule has 130 valence electrons. The molecule has 1 atom stereocenters. The highest BCUT2D eigenvalue weighted by Crippen LogP contribution is 2.24. The minimum absolute atomic E-state index is 0.208. The number of carbonyl (C=O) groups excluding carboxylic acids is 2. The number of hydrogen-bond acceptors (Lipinski definition) is 4. The predicted molar refractivity (Wildman–Crippen MR) is 95.7 cm³/mol. The van der Waals surface area contributed by atoms with E-state index in [1.54, 1.807) is 26.2 Å². The zero-order valence-electron chi connectivity index (χ0n) is 13.9. The van der Waals surface area contributed by atoms with Crippen LogP contribution >= 0.6 is 15.9 Å². The number of rotatable bonds is 6. The normalized spacial score (nSPS) is 16.1. The van der Waals surface area contributed by atoms with Gasteiger partial charge < -0.3 is 14.8 Å². The van der Waals surface area contributed by atoms with Crippen LogP contribution in [0.3, 0.4) is 0 Å². The van der Waals surface area contributed by atoms with Crippen molar-refractivity contribution >= 4 is 33.9 Å². The highest BCUT2D eigenvalue weighted by Gasteiger charge is 2.22. The maximum atomic E-state index is 12.0. The number of carbonyl (C=O) groups is 2. The topological polar surface area (TPSA) is 64.6 Å². The zero-order chi connectivity index (χ0) is 17.5. The fraction of sp³-hybridized carbons (Fsp3) is 0.444. The number of nitrogens with one attached hydrogen (secondary N) is 1. The van der Waals surface area contributed by atoms with Crippen LogP contribution in [0.4, 0.5) is 0 Å². The molecule has 1 aromatic rings. The number of ether oxygens (including phenoxy) is 2. The average Bonchev–Trinajstić information content (AvgIpc) is 3.06. The van der Waals surface area contributed by atoms with Gasteiger partial charge in [-0.25, -0.2) is 4.79 Å². The van der Waals surface area contributed by atoms with Crippen molar-refractivity contribution in [1.82, 2.24) is 5.32 Å². The molecular weight excluding hydrogens is 374 g/mol. The molecule has 2 rings (SSSR count). The standard InChI is InChI=1S/C18H22BrNO4/c1-12(18(22)20-15-5-3-4-6-15)24-17(21)10-7-13-11-14(19)8-9-16(13)23-2/h7-12,15H,3-6H2,1-2H3,(H,20,22)/b10-7+/t12-/m1/s1. The summed E-state index contributed by atoms with van der Waals surface area (Å²) in [7, 11) is 1.56. The van der Waals surface area contributed by atoms with E-state index < -0.39 is 12.1 Å². The third-order valence-corrected chi connectivity index (χ3v) is 4.45. The fourth-order valence-corrected chi connectivity index (χ4v) is 3.03. The van der Waals surface area contributed by atoms with Gasteiger partial charge in [-0.15, -0.1) is 0 Å². The minimum atomic E-state index is -0.813. The van der Waals surface area contributed by atoms with E-state index in [9.17, 15) is 9.59 Å². The molecule has 0 spiro atoms. The van der Waals surface area contributed by atoms with E-state index in [2.05, 4.69) is 21.2 Å². The van der Waals surface area contributed by atoms with Gasteiger partial charge in [0.05, 0.1) is 7.11 Å². The summed E-state index contributed by atoms with van der Waals surface area (Å²) in [6, 6.07) is 5.69. The zero-order valence-corrected chi connectivity index (χ0v) is 15.5. The van der Waals surface area contributed by atoms with E-state index in [1.807, 2.05) is 12.1 Å². The van der Waals surface area contributed by atoms with Crippen LogP contribution in [0.1, 0.15) is 38.2 Å². The van der Waals surface area contributed by atoms with Gasteiger partial charge >= 0.3 is 5.97 Å². The first-order chi connectivity index (χ1) is 11.5. The van der Waals surface area contributed by atoms with Gasteiger partial charge in [0.15, 0.2) is 6.10 Å². The molecule has 0 unspecified atom stereocenters. The quantitative estimate of drug-likeness (QED) is 0.591. The summed E-state index contributed by atoms with van der Waals surface area (Å²) in [4.78, 5) is 23.9.